The van der Waals surface area contributed by atoms with Gasteiger partial charge in [0.25, 0.3) is 0 Å². The van der Waals surface area contributed by atoms with Crippen LogP contribution in [0.3, 0.4) is 0 Å². The van der Waals surface area contributed by atoms with Crippen LogP contribution in [-0.4, -0.2) is 35.3 Å². The number of aromatic nitrogens is 1. The Morgan fingerprint density at radius 1 is 1.42 bits per heavy atom. The van der Waals surface area contributed by atoms with Gasteiger partial charge in [-0.15, -0.1) is 0 Å². The van der Waals surface area contributed by atoms with E-state index in [1.165, 1.54) is 12.3 Å². The molecule has 1 saturated heterocycles. The molecule has 1 fully saturated rings. The van der Waals surface area contributed by atoms with Crippen LogP contribution >= 0.6 is 0 Å². The largest absolute Gasteiger partial charge is 0.360 e. The highest BCUT2D eigenvalue weighted by molar-refractivity contribution is 6.10. The number of hydrogen-bond donors (Lipinski definition) is 1. The van der Waals surface area contributed by atoms with E-state index in [0.29, 0.717) is 11.1 Å². The fourth-order valence-electron chi connectivity index (χ4n) is 2.80. The summed E-state index contributed by atoms with van der Waals surface area (Å²) in [5.41, 5.74) is 0.632. The average Bonchev–Trinajstić information content (AvgIpc) is 2.94. The van der Waals surface area contributed by atoms with Gasteiger partial charge in [0.05, 0.1) is 11.6 Å². The predicted octanol–water partition coefficient (Wildman–Crippen LogP) is 2.72. The van der Waals surface area contributed by atoms with Crippen molar-refractivity contribution in [3.8, 4) is 0 Å². The third kappa shape index (κ3) is 1.94. The van der Waals surface area contributed by atoms with Crippen LogP contribution in [0, 0.1) is 11.6 Å². The van der Waals surface area contributed by atoms with Crippen LogP contribution < -0.4 is 0 Å². The molecule has 0 amide bonds. The van der Waals surface area contributed by atoms with Gasteiger partial charge in [-0.3, -0.25) is 9.69 Å². The van der Waals surface area contributed by atoms with Gasteiger partial charge in [0.2, 0.25) is 0 Å². The molecular formula is C14H14F2N2O. The number of likely N-dealkylation sites (tertiary alicyclic amines) is 1. The van der Waals surface area contributed by atoms with Gasteiger partial charge in [-0.2, -0.15) is 0 Å². The summed E-state index contributed by atoms with van der Waals surface area (Å²) in [6.45, 7) is 0.871. The first-order chi connectivity index (χ1) is 9.08. The van der Waals surface area contributed by atoms with Gasteiger partial charge in [0.15, 0.2) is 5.78 Å². The van der Waals surface area contributed by atoms with Gasteiger partial charge in [-0.1, -0.05) is 0 Å². The molecule has 0 saturated carbocycles. The fourth-order valence-corrected chi connectivity index (χ4v) is 2.80. The average molecular weight is 264 g/mol. The second-order valence-corrected chi connectivity index (χ2v) is 5.02. The lowest BCUT2D eigenvalue weighted by Crippen LogP contribution is -2.32. The van der Waals surface area contributed by atoms with E-state index < -0.39 is 11.6 Å². The molecule has 19 heavy (non-hydrogen) atoms. The number of rotatable bonds is 2. The Hall–Kier alpha value is -1.75. The lowest BCUT2D eigenvalue weighted by molar-refractivity contribution is 0.0892. The zero-order chi connectivity index (χ0) is 13.6. The molecule has 1 aromatic heterocycles. The van der Waals surface area contributed by atoms with E-state index in [9.17, 15) is 13.6 Å². The number of likely N-dealkylation sites (N-methyl/N-ethyl adjacent to an activating group) is 1. The Morgan fingerprint density at radius 3 is 2.89 bits per heavy atom. The highest BCUT2D eigenvalue weighted by Gasteiger charge is 2.30. The summed E-state index contributed by atoms with van der Waals surface area (Å²) in [7, 11) is 1.89. The Bertz CT molecular complexity index is 650. The minimum atomic E-state index is -0.694. The zero-order valence-electron chi connectivity index (χ0n) is 10.5. The van der Waals surface area contributed by atoms with Crippen molar-refractivity contribution in [2.45, 2.75) is 18.9 Å². The molecule has 1 N–H and O–H groups in total. The molecule has 1 aromatic carbocycles. The molecule has 0 bridgehead atoms. The number of H-pyrrole nitrogens is 1. The summed E-state index contributed by atoms with van der Waals surface area (Å²) in [6.07, 6.45) is 3.22. The van der Waals surface area contributed by atoms with Crippen LogP contribution in [0.5, 0.6) is 0 Å². The van der Waals surface area contributed by atoms with Crippen LogP contribution in [-0.2, 0) is 0 Å². The quantitative estimate of drug-likeness (QED) is 0.847. The topological polar surface area (TPSA) is 36.1 Å². The number of ketones is 1. The minimum Gasteiger partial charge on any atom is -0.360 e. The molecule has 5 heteroatoms. The number of Topliss-reactive ketones (excluding diaryl/α,β-unsaturated/α-hetero) is 1. The van der Waals surface area contributed by atoms with Crippen molar-refractivity contribution in [3.05, 3.63) is 35.5 Å². The number of aromatic amines is 1. The number of hydrogen-bond acceptors (Lipinski definition) is 2. The maximum Gasteiger partial charge on any atom is 0.182 e. The monoisotopic (exact) mass is 264 g/mol. The summed E-state index contributed by atoms with van der Waals surface area (Å²) >= 11 is 0. The van der Waals surface area contributed by atoms with E-state index >= 15 is 0 Å². The third-order valence-corrected chi connectivity index (χ3v) is 3.78. The maximum absolute atomic E-state index is 13.9. The Kier molecular flexibility index (Phi) is 2.86. The highest BCUT2D eigenvalue weighted by Crippen LogP contribution is 2.27. The molecule has 3 rings (SSSR count). The predicted molar refractivity (Wildman–Crippen MR) is 68.2 cm³/mol. The van der Waals surface area contributed by atoms with Crippen molar-refractivity contribution >= 4 is 16.7 Å². The number of fused-ring (bicyclic) bond motifs is 1. The first-order valence-corrected chi connectivity index (χ1v) is 6.28. The highest BCUT2D eigenvalue weighted by atomic mass is 19.1. The van der Waals surface area contributed by atoms with Crippen LogP contribution in [0.25, 0.3) is 10.9 Å². The number of nitrogens with one attached hydrogen (secondary N) is 1. The number of nitrogens with zero attached hydrogens (tertiary/aromatic N) is 1. The molecule has 3 nitrogen and oxygen atoms in total. The summed E-state index contributed by atoms with van der Waals surface area (Å²) in [4.78, 5) is 17.2. The van der Waals surface area contributed by atoms with Crippen LogP contribution in [0.1, 0.15) is 23.2 Å². The molecule has 100 valence electrons. The number of carbonyl (C=O) groups excluding carboxylic acids is 1. The molecule has 0 aliphatic carbocycles. The molecule has 0 spiro atoms. The third-order valence-electron chi connectivity index (χ3n) is 3.78. The number of carbonyl (C=O) groups is 1. The van der Waals surface area contributed by atoms with Gasteiger partial charge in [0, 0.05) is 23.2 Å². The van der Waals surface area contributed by atoms with Crippen LogP contribution in [0.15, 0.2) is 18.3 Å². The first kappa shape index (κ1) is 12.3. The van der Waals surface area contributed by atoms with Crippen molar-refractivity contribution in [2.24, 2.45) is 0 Å². The van der Waals surface area contributed by atoms with E-state index in [1.807, 2.05) is 11.9 Å². The van der Waals surface area contributed by atoms with Gasteiger partial charge < -0.3 is 4.98 Å². The molecule has 1 unspecified atom stereocenters. The van der Waals surface area contributed by atoms with Gasteiger partial charge in [-0.05, 0) is 32.5 Å². The number of benzene rings is 1. The minimum absolute atomic E-state index is 0.100. The lowest BCUT2D eigenvalue weighted by atomic mass is 10.0. The molecule has 0 radical (unpaired) electrons. The maximum atomic E-state index is 13.9. The van der Waals surface area contributed by atoms with E-state index in [1.54, 1.807) is 0 Å². The first-order valence-electron chi connectivity index (χ1n) is 6.28. The van der Waals surface area contributed by atoms with Crippen molar-refractivity contribution in [1.29, 1.82) is 0 Å². The van der Waals surface area contributed by atoms with Crippen molar-refractivity contribution in [3.63, 3.8) is 0 Å². The van der Waals surface area contributed by atoms with Gasteiger partial charge >= 0.3 is 0 Å². The van der Waals surface area contributed by atoms with E-state index in [-0.39, 0.29) is 17.2 Å². The Balaban J connectivity index is 2.08. The van der Waals surface area contributed by atoms with Crippen molar-refractivity contribution in [2.75, 3.05) is 13.6 Å². The van der Waals surface area contributed by atoms with Crippen molar-refractivity contribution < 1.29 is 13.6 Å². The molecule has 2 aromatic rings. The van der Waals surface area contributed by atoms with Crippen LogP contribution in [0.2, 0.25) is 0 Å². The SMILES string of the molecule is CN1CCCC1C(=O)c1c[nH]c2cc(F)cc(F)c12. The molecular weight excluding hydrogens is 250 g/mol. The van der Waals surface area contributed by atoms with Gasteiger partial charge in [0.1, 0.15) is 11.6 Å². The molecule has 1 aliphatic heterocycles. The number of halogens is 2. The normalized spacial score (nSPS) is 20.3. The summed E-state index contributed by atoms with van der Waals surface area (Å²) in [6, 6.07) is 1.81. The van der Waals surface area contributed by atoms with Crippen LogP contribution in [0.4, 0.5) is 8.78 Å². The Labute approximate surface area is 109 Å². The van der Waals surface area contributed by atoms with E-state index in [0.717, 1.165) is 25.5 Å². The lowest BCUT2D eigenvalue weighted by Gasteiger charge is -2.17. The molecule has 1 aliphatic rings. The standard InChI is InChI=1S/C14H14F2N2O/c1-18-4-2-3-12(18)14(19)9-7-17-11-6-8(15)5-10(16)13(9)11/h5-7,12,17H,2-4H2,1H3. The smallest absolute Gasteiger partial charge is 0.182 e. The second-order valence-electron chi connectivity index (χ2n) is 5.02. The second kappa shape index (κ2) is 4.42. The van der Waals surface area contributed by atoms with Gasteiger partial charge in [-0.25, -0.2) is 8.78 Å². The molecule has 2 heterocycles. The van der Waals surface area contributed by atoms with E-state index in [4.69, 9.17) is 0 Å². The fraction of sp³-hybridized carbons (Fsp3) is 0.357. The molecule has 1 atom stereocenters. The Morgan fingerprint density at radius 2 is 2.21 bits per heavy atom. The summed E-state index contributed by atoms with van der Waals surface area (Å²) < 4.78 is 27.0. The van der Waals surface area contributed by atoms with E-state index in [2.05, 4.69) is 4.98 Å². The summed E-state index contributed by atoms with van der Waals surface area (Å²) in [5.74, 6) is -1.44. The van der Waals surface area contributed by atoms with Crippen molar-refractivity contribution in [1.82, 2.24) is 9.88 Å². The summed E-state index contributed by atoms with van der Waals surface area (Å²) in [5, 5.41) is 0.187. The zero-order valence-corrected chi connectivity index (χ0v) is 10.5.